The van der Waals surface area contributed by atoms with Gasteiger partial charge in [0.15, 0.2) is 5.82 Å². The summed E-state index contributed by atoms with van der Waals surface area (Å²) in [4.78, 5) is 7.41. The number of aromatic nitrogens is 4. The summed E-state index contributed by atoms with van der Waals surface area (Å²) < 4.78 is 3.77. The second-order valence-corrected chi connectivity index (χ2v) is 3.69. The Morgan fingerprint density at radius 3 is 3.07 bits per heavy atom. The van der Waals surface area contributed by atoms with Crippen molar-refractivity contribution in [3.8, 4) is 17.3 Å². The number of phenolic OH excluding ortho intramolecular Hbond substituents is 1. The number of aromatic hydroxyl groups is 1. The third kappa shape index (κ3) is 1.35. The second-order valence-electron chi connectivity index (χ2n) is 3.08. The number of H-pyrrole nitrogens is 1. The van der Waals surface area contributed by atoms with Crippen molar-refractivity contribution in [1.29, 1.82) is 0 Å². The second kappa shape index (κ2) is 3.03. The van der Waals surface area contributed by atoms with Crippen molar-refractivity contribution in [1.82, 2.24) is 19.6 Å². The Morgan fingerprint density at radius 1 is 1.33 bits per heavy atom. The molecule has 5 nitrogen and oxygen atoms in total. The summed E-state index contributed by atoms with van der Waals surface area (Å²) in [5.41, 5.74) is 2.31. The molecule has 0 aliphatic carbocycles. The van der Waals surface area contributed by atoms with Gasteiger partial charge in [-0.1, -0.05) is 4.49 Å². The zero-order valence-electron chi connectivity index (χ0n) is 7.51. The van der Waals surface area contributed by atoms with Crippen LogP contribution in [0, 0.1) is 0 Å². The van der Waals surface area contributed by atoms with Gasteiger partial charge in [-0.3, -0.25) is 0 Å². The lowest BCUT2D eigenvalue weighted by molar-refractivity contribution is 0.476. The maximum atomic E-state index is 9.30. The van der Waals surface area contributed by atoms with E-state index >= 15 is 0 Å². The number of imidazole rings is 1. The molecule has 0 aliphatic heterocycles. The summed E-state index contributed by atoms with van der Waals surface area (Å²) in [5.74, 6) is 0.887. The SMILES string of the molecule is Oc1ccc2nc(-c3csnn3)[nH]c2c1. The van der Waals surface area contributed by atoms with Gasteiger partial charge in [0.2, 0.25) is 0 Å². The first-order chi connectivity index (χ1) is 7.33. The van der Waals surface area contributed by atoms with Crippen LogP contribution in [0.3, 0.4) is 0 Å². The first-order valence-electron chi connectivity index (χ1n) is 4.29. The van der Waals surface area contributed by atoms with Crippen LogP contribution >= 0.6 is 11.5 Å². The largest absolute Gasteiger partial charge is 0.508 e. The van der Waals surface area contributed by atoms with E-state index < -0.39 is 0 Å². The third-order valence-corrected chi connectivity index (χ3v) is 2.57. The lowest BCUT2D eigenvalue weighted by Gasteiger charge is -1.88. The van der Waals surface area contributed by atoms with Gasteiger partial charge in [0, 0.05) is 11.4 Å². The zero-order chi connectivity index (χ0) is 10.3. The van der Waals surface area contributed by atoms with Crippen LogP contribution in [0.1, 0.15) is 0 Å². The quantitative estimate of drug-likeness (QED) is 0.653. The first kappa shape index (κ1) is 8.37. The number of hydrogen-bond donors (Lipinski definition) is 2. The van der Waals surface area contributed by atoms with Gasteiger partial charge in [-0.05, 0) is 23.7 Å². The Hall–Kier alpha value is -1.95. The maximum Gasteiger partial charge on any atom is 0.160 e. The minimum Gasteiger partial charge on any atom is -0.508 e. The van der Waals surface area contributed by atoms with Gasteiger partial charge >= 0.3 is 0 Å². The van der Waals surface area contributed by atoms with E-state index in [1.807, 2.05) is 5.38 Å². The molecule has 15 heavy (non-hydrogen) atoms. The highest BCUT2D eigenvalue weighted by molar-refractivity contribution is 7.03. The minimum absolute atomic E-state index is 0.217. The van der Waals surface area contributed by atoms with Crippen LogP contribution in [-0.2, 0) is 0 Å². The van der Waals surface area contributed by atoms with E-state index in [9.17, 15) is 5.11 Å². The fraction of sp³-hybridized carbons (Fsp3) is 0. The molecule has 1 aromatic carbocycles. The molecule has 3 rings (SSSR count). The molecule has 74 valence electrons. The van der Waals surface area contributed by atoms with Crippen molar-refractivity contribution in [2.75, 3.05) is 0 Å². The Labute approximate surface area is 88.6 Å². The monoisotopic (exact) mass is 218 g/mol. The number of hydrogen-bond acceptors (Lipinski definition) is 5. The van der Waals surface area contributed by atoms with Crippen molar-refractivity contribution < 1.29 is 5.11 Å². The molecule has 0 spiro atoms. The lowest BCUT2D eigenvalue weighted by atomic mass is 10.3. The van der Waals surface area contributed by atoms with Crippen molar-refractivity contribution in [3.05, 3.63) is 23.6 Å². The van der Waals surface area contributed by atoms with E-state index in [0.29, 0.717) is 5.82 Å². The summed E-state index contributed by atoms with van der Waals surface area (Å²) in [6.07, 6.45) is 0. The normalized spacial score (nSPS) is 10.9. The molecule has 0 radical (unpaired) electrons. The van der Waals surface area contributed by atoms with Crippen LogP contribution in [-0.4, -0.2) is 24.7 Å². The molecule has 0 atom stereocenters. The van der Waals surface area contributed by atoms with Crippen LogP contribution in [0.25, 0.3) is 22.6 Å². The van der Waals surface area contributed by atoms with Crippen molar-refractivity contribution >= 4 is 22.6 Å². The molecule has 2 heterocycles. The number of fused-ring (bicyclic) bond motifs is 1. The number of aromatic amines is 1. The van der Waals surface area contributed by atoms with Gasteiger partial charge in [0.05, 0.1) is 11.0 Å². The molecular weight excluding hydrogens is 212 g/mol. The smallest absolute Gasteiger partial charge is 0.160 e. The average molecular weight is 218 g/mol. The van der Waals surface area contributed by atoms with Gasteiger partial charge in [-0.15, -0.1) is 5.10 Å². The van der Waals surface area contributed by atoms with Crippen molar-refractivity contribution in [3.63, 3.8) is 0 Å². The van der Waals surface area contributed by atoms with Crippen molar-refractivity contribution in [2.45, 2.75) is 0 Å². The van der Waals surface area contributed by atoms with E-state index in [2.05, 4.69) is 19.6 Å². The van der Waals surface area contributed by atoms with Gasteiger partial charge in [-0.2, -0.15) is 0 Å². The molecule has 0 saturated heterocycles. The Morgan fingerprint density at radius 2 is 2.27 bits per heavy atom. The molecule has 0 fully saturated rings. The Balaban J connectivity index is 2.22. The molecule has 0 saturated carbocycles. The Kier molecular flexibility index (Phi) is 1.69. The van der Waals surface area contributed by atoms with Crippen LogP contribution < -0.4 is 0 Å². The van der Waals surface area contributed by atoms with E-state index in [0.717, 1.165) is 16.7 Å². The van der Waals surface area contributed by atoms with Gasteiger partial charge in [0.1, 0.15) is 11.4 Å². The molecule has 2 N–H and O–H groups in total. The maximum absolute atomic E-state index is 9.30. The fourth-order valence-electron chi connectivity index (χ4n) is 1.39. The summed E-state index contributed by atoms with van der Waals surface area (Å²) in [7, 11) is 0. The summed E-state index contributed by atoms with van der Waals surface area (Å²) in [6, 6.07) is 4.99. The van der Waals surface area contributed by atoms with Gasteiger partial charge in [-0.25, -0.2) is 4.98 Å². The average Bonchev–Trinajstić information content (AvgIpc) is 2.84. The third-order valence-electron chi connectivity index (χ3n) is 2.07. The summed E-state index contributed by atoms with van der Waals surface area (Å²) >= 11 is 1.28. The number of benzene rings is 1. The van der Waals surface area contributed by atoms with Crippen LogP contribution in [0.2, 0.25) is 0 Å². The number of nitrogens with zero attached hydrogens (tertiary/aromatic N) is 3. The molecular formula is C9H6N4OS. The highest BCUT2D eigenvalue weighted by Crippen LogP contribution is 2.22. The van der Waals surface area contributed by atoms with Crippen LogP contribution in [0.4, 0.5) is 0 Å². The van der Waals surface area contributed by atoms with Crippen molar-refractivity contribution in [2.24, 2.45) is 0 Å². The lowest BCUT2D eigenvalue weighted by Crippen LogP contribution is -1.79. The fourth-order valence-corrected chi connectivity index (χ4v) is 1.83. The highest BCUT2D eigenvalue weighted by Gasteiger charge is 2.07. The molecule has 2 aromatic heterocycles. The topological polar surface area (TPSA) is 74.7 Å². The number of phenols is 1. The predicted molar refractivity (Wildman–Crippen MR) is 56.7 cm³/mol. The first-order valence-corrected chi connectivity index (χ1v) is 5.13. The molecule has 6 heteroatoms. The summed E-state index contributed by atoms with van der Waals surface area (Å²) in [6.45, 7) is 0. The zero-order valence-corrected chi connectivity index (χ0v) is 8.32. The molecule has 0 unspecified atom stereocenters. The standard InChI is InChI=1S/C9H6N4OS/c14-5-1-2-6-7(3-5)11-9(10-6)8-4-15-13-12-8/h1-4,14H,(H,10,11). The van der Waals surface area contributed by atoms with Gasteiger partial charge in [0.25, 0.3) is 0 Å². The summed E-state index contributed by atoms with van der Waals surface area (Å²) in [5, 5.41) is 15.0. The molecule has 3 aromatic rings. The Bertz CT molecular complexity index is 602. The molecule has 0 bridgehead atoms. The molecule has 0 aliphatic rings. The predicted octanol–water partition coefficient (Wildman–Crippen LogP) is 1.79. The van der Waals surface area contributed by atoms with Gasteiger partial charge < -0.3 is 10.1 Å². The minimum atomic E-state index is 0.217. The van der Waals surface area contributed by atoms with E-state index in [1.165, 1.54) is 11.5 Å². The number of nitrogens with one attached hydrogen (secondary N) is 1. The van der Waals surface area contributed by atoms with E-state index in [1.54, 1.807) is 18.2 Å². The molecule has 0 amide bonds. The van der Waals surface area contributed by atoms with E-state index in [4.69, 9.17) is 0 Å². The number of rotatable bonds is 1. The van der Waals surface area contributed by atoms with Crippen LogP contribution in [0.5, 0.6) is 5.75 Å². The van der Waals surface area contributed by atoms with Crippen LogP contribution in [0.15, 0.2) is 23.6 Å². The van der Waals surface area contributed by atoms with E-state index in [-0.39, 0.29) is 5.75 Å². The highest BCUT2D eigenvalue weighted by atomic mass is 32.1.